The highest BCUT2D eigenvalue weighted by Crippen LogP contribution is 2.34. The molecule has 0 aliphatic carbocycles. The van der Waals surface area contributed by atoms with E-state index in [0.29, 0.717) is 6.61 Å². The molecular weight excluding hydrogens is 186 g/mol. The third kappa shape index (κ3) is 1.57. The van der Waals surface area contributed by atoms with Crippen LogP contribution in [0.25, 0.3) is 0 Å². The fourth-order valence-corrected chi connectivity index (χ4v) is 1.89. The van der Waals surface area contributed by atoms with Gasteiger partial charge in [0.1, 0.15) is 0 Å². The Balaban J connectivity index is 2.32. The van der Waals surface area contributed by atoms with E-state index in [2.05, 4.69) is 11.4 Å². The molecule has 0 fully saturated rings. The molecular formula is C10H12ClNO. The maximum absolute atomic E-state index is 6.03. The molecule has 1 aliphatic heterocycles. The topological polar surface area (TPSA) is 21.3 Å². The third-order valence-electron chi connectivity index (χ3n) is 2.32. The molecule has 1 aromatic rings. The van der Waals surface area contributed by atoms with Gasteiger partial charge in [-0.2, -0.15) is 0 Å². The first-order chi connectivity index (χ1) is 6.33. The smallest absolute Gasteiger partial charge is 0.0957 e. The molecule has 1 N–H and O–H groups in total. The molecule has 13 heavy (non-hydrogen) atoms. The predicted molar refractivity (Wildman–Crippen MR) is 52.9 cm³/mol. The lowest BCUT2D eigenvalue weighted by Gasteiger charge is -2.09. The molecule has 1 atom stereocenters. The summed E-state index contributed by atoms with van der Waals surface area (Å²) in [7, 11) is 1.92. The summed E-state index contributed by atoms with van der Waals surface area (Å²) in [4.78, 5) is 0. The van der Waals surface area contributed by atoms with E-state index in [1.54, 1.807) is 0 Å². The van der Waals surface area contributed by atoms with Gasteiger partial charge in [-0.15, -0.1) is 0 Å². The van der Waals surface area contributed by atoms with E-state index in [-0.39, 0.29) is 6.10 Å². The van der Waals surface area contributed by atoms with E-state index in [1.807, 2.05) is 19.2 Å². The minimum Gasteiger partial charge on any atom is -0.367 e. The Kier molecular flexibility index (Phi) is 2.54. The van der Waals surface area contributed by atoms with Gasteiger partial charge < -0.3 is 10.1 Å². The summed E-state index contributed by atoms with van der Waals surface area (Å²) in [5.41, 5.74) is 2.37. The molecule has 3 heteroatoms. The second-order valence-electron chi connectivity index (χ2n) is 3.16. The van der Waals surface area contributed by atoms with Crippen LogP contribution in [0.2, 0.25) is 5.02 Å². The van der Waals surface area contributed by atoms with E-state index in [4.69, 9.17) is 16.3 Å². The van der Waals surface area contributed by atoms with Crippen LogP contribution in [-0.2, 0) is 11.3 Å². The van der Waals surface area contributed by atoms with Crippen molar-refractivity contribution >= 4 is 11.6 Å². The predicted octanol–water partition coefficient (Wildman–Crippen LogP) is 2.13. The molecule has 1 aromatic carbocycles. The standard InChI is InChI=1S/C10H12ClNO/c1-12-5-10-7-3-2-4-9(11)8(7)6-13-10/h2-4,10,12H,5-6H2,1H3/t10-/m0/s1. The Hall–Kier alpha value is -0.570. The van der Waals surface area contributed by atoms with Gasteiger partial charge in [0.15, 0.2) is 0 Å². The second-order valence-corrected chi connectivity index (χ2v) is 3.57. The number of likely N-dealkylation sites (N-methyl/N-ethyl adjacent to an activating group) is 1. The highest BCUT2D eigenvalue weighted by Gasteiger charge is 2.23. The van der Waals surface area contributed by atoms with Crippen LogP contribution in [0.1, 0.15) is 17.2 Å². The van der Waals surface area contributed by atoms with Crippen molar-refractivity contribution in [2.45, 2.75) is 12.7 Å². The number of fused-ring (bicyclic) bond motifs is 1. The molecule has 0 saturated carbocycles. The molecule has 1 aliphatic rings. The van der Waals surface area contributed by atoms with Gasteiger partial charge in [-0.1, -0.05) is 23.7 Å². The summed E-state index contributed by atoms with van der Waals surface area (Å²) in [5.74, 6) is 0. The van der Waals surface area contributed by atoms with Crippen molar-refractivity contribution in [3.63, 3.8) is 0 Å². The van der Waals surface area contributed by atoms with E-state index in [1.165, 1.54) is 5.56 Å². The first kappa shape index (κ1) is 9.00. The largest absolute Gasteiger partial charge is 0.367 e. The average molecular weight is 198 g/mol. The first-order valence-corrected chi connectivity index (χ1v) is 4.74. The number of benzene rings is 1. The summed E-state index contributed by atoms with van der Waals surface area (Å²) in [5, 5.41) is 3.92. The lowest BCUT2D eigenvalue weighted by Crippen LogP contribution is -2.16. The van der Waals surface area contributed by atoms with Gasteiger partial charge in [-0.3, -0.25) is 0 Å². The summed E-state index contributed by atoms with van der Waals surface area (Å²) in [6.07, 6.45) is 0.165. The Bertz CT molecular complexity index is 314. The van der Waals surface area contributed by atoms with Gasteiger partial charge >= 0.3 is 0 Å². The van der Waals surface area contributed by atoms with Gasteiger partial charge in [0.2, 0.25) is 0 Å². The zero-order valence-corrected chi connectivity index (χ0v) is 8.27. The number of rotatable bonds is 2. The Morgan fingerprint density at radius 3 is 3.23 bits per heavy atom. The molecule has 2 nitrogen and oxygen atoms in total. The van der Waals surface area contributed by atoms with Crippen LogP contribution in [0.4, 0.5) is 0 Å². The molecule has 0 saturated heterocycles. The number of hydrogen-bond acceptors (Lipinski definition) is 2. The zero-order valence-electron chi connectivity index (χ0n) is 7.51. The van der Waals surface area contributed by atoms with Crippen molar-refractivity contribution in [1.82, 2.24) is 5.32 Å². The molecule has 70 valence electrons. The van der Waals surface area contributed by atoms with Gasteiger partial charge in [0.25, 0.3) is 0 Å². The number of ether oxygens (including phenoxy) is 1. The fraction of sp³-hybridized carbons (Fsp3) is 0.400. The van der Waals surface area contributed by atoms with E-state index >= 15 is 0 Å². The Morgan fingerprint density at radius 1 is 1.62 bits per heavy atom. The minimum atomic E-state index is 0.165. The van der Waals surface area contributed by atoms with Gasteiger partial charge in [0, 0.05) is 17.1 Å². The van der Waals surface area contributed by atoms with Gasteiger partial charge in [-0.25, -0.2) is 0 Å². The maximum Gasteiger partial charge on any atom is 0.0957 e. The number of hydrogen-bond donors (Lipinski definition) is 1. The SMILES string of the molecule is CNC[C@@H]1OCc2c(Cl)cccc21. The Labute approximate surface area is 82.9 Å². The molecule has 0 bridgehead atoms. The third-order valence-corrected chi connectivity index (χ3v) is 2.67. The molecule has 1 heterocycles. The highest BCUT2D eigenvalue weighted by atomic mass is 35.5. The van der Waals surface area contributed by atoms with E-state index in [9.17, 15) is 0 Å². The van der Waals surface area contributed by atoms with Crippen molar-refractivity contribution < 1.29 is 4.74 Å². The maximum atomic E-state index is 6.03. The lowest BCUT2D eigenvalue weighted by atomic mass is 10.1. The van der Waals surface area contributed by atoms with Crippen LogP contribution >= 0.6 is 11.6 Å². The lowest BCUT2D eigenvalue weighted by molar-refractivity contribution is 0.0675. The summed E-state index contributed by atoms with van der Waals surface area (Å²) in [6.45, 7) is 1.48. The van der Waals surface area contributed by atoms with Crippen molar-refractivity contribution in [3.05, 3.63) is 34.3 Å². The summed E-state index contributed by atoms with van der Waals surface area (Å²) in [6, 6.07) is 5.96. The van der Waals surface area contributed by atoms with Crippen LogP contribution in [0, 0.1) is 0 Å². The van der Waals surface area contributed by atoms with Crippen molar-refractivity contribution in [3.8, 4) is 0 Å². The second kappa shape index (κ2) is 3.66. The van der Waals surface area contributed by atoms with Crippen LogP contribution in [-0.4, -0.2) is 13.6 Å². The van der Waals surface area contributed by atoms with Crippen molar-refractivity contribution in [2.75, 3.05) is 13.6 Å². The minimum absolute atomic E-state index is 0.165. The molecule has 2 rings (SSSR count). The van der Waals surface area contributed by atoms with E-state index in [0.717, 1.165) is 17.1 Å². The van der Waals surface area contributed by atoms with Crippen LogP contribution in [0.5, 0.6) is 0 Å². The highest BCUT2D eigenvalue weighted by molar-refractivity contribution is 6.31. The molecule has 0 radical (unpaired) electrons. The quantitative estimate of drug-likeness (QED) is 0.785. The fourth-order valence-electron chi connectivity index (χ4n) is 1.66. The van der Waals surface area contributed by atoms with Crippen molar-refractivity contribution in [1.29, 1.82) is 0 Å². The van der Waals surface area contributed by atoms with Crippen LogP contribution in [0.3, 0.4) is 0 Å². The molecule has 0 spiro atoms. The molecule has 0 aromatic heterocycles. The monoisotopic (exact) mass is 197 g/mol. The van der Waals surface area contributed by atoms with Gasteiger partial charge in [0.05, 0.1) is 12.7 Å². The molecule has 0 amide bonds. The average Bonchev–Trinajstić information content (AvgIpc) is 2.51. The number of nitrogens with one attached hydrogen (secondary N) is 1. The Morgan fingerprint density at radius 2 is 2.46 bits per heavy atom. The first-order valence-electron chi connectivity index (χ1n) is 4.36. The van der Waals surface area contributed by atoms with E-state index < -0.39 is 0 Å². The molecule has 0 unspecified atom stereocenters. The van der Waals surface area contributed by atoms with Gasteiger partial charge in [-0.05, 0) is 18.7 Å². The summed E-state index contributed by atoms with van der Waals surface area (Å²) < 4.78 is 5.60. The van der Waals surface area contributed by atoms with Crippen LogP contribution in [0.15, 0.2) is 18.2 Å². The van der Waals surface area contributed by atoms with Crippen LogP contribution < -0.4 is 5.32 Å². The normalized spacial score (nSPS) is 20.3. The zero-order chi connectivity index (χ0) is 9.26. The summed E-state index contributed by atoms with van der Waals surface area (Å²) >= 11 is 6.03. The number of halogens is 1. The van der Waals surface area contributed by atoms with Crippen molar-refractivity contribution in [2.24, 2.45) is 0 Å².